The highest BCUT2D eigenvalue weighted by atomic mass is 15.2. The van der Waals surface area contributed by atoms with E-state index in [1.807, 2.05) is 0 Å². The Morgan fingerprint density at radius 1 is 1.05 bits per heavy atom. The molecule has 2 aliphatic heterocycles. The van der Waals surface area contributed by atoms with Gasteiger partial charge in [0.2, 0.25) is 0 Å². The van der Waals surface area contributed by atoms with Crippen molar-refractivity contribution < 1.29 is 0 Å². The molecule has 104 valence electrons. The summed E-state index contributed by atoms with van der Waals surface area (Å²) in [4.78, 5) is 2.59. The summed E-state index contributed by atoms with van der Waals surface area (Å²) >= 11 is 0. The summed E-state index contributed by atoms with van der Waals surface area (Å²) in [5.74, 6) is 1.88. The van der Waals surface area contributed by atoms with Crippen LogP contribution in [-0.2, 0) is 6.42 Å². The highest BCUT2D eigenvalue weighted by molar-refractivity contribution is 5.48. The number of nitrogens with one attached hydrogen (secondary N) is 1. The Morgan fingerprint density at radius 2 is 1.79 bits per heavy atom. The zero-order valence-electron chi connectivity index (χ0n) is 12.1. The second kappa shape index (κ2) is 5.96. The molecule has 2 saturated heterocycles. The van der Waals surface area contributed by atoms with E-state index in [-0.39, 0.29) is 0 Å². The molecule has 19 heavy (non-hydrogen) atoms. The lowest BCUT2D eigenvalue weighted by Gasteiger charge is -2.28. The van der Waals surface area contributed by atoms with Crippen molar-refractivity contribution in [2.45, 2.75) is 32.6 Å². The summed E-state index contributed by atoms with van der Waals surface area (Å²) < 4.78 is 0. The van der Waals surface area contributed by atoms with Crippen molar-refractivity contribution in [2.75, 3.05) is 31.1 Å². The van der Waals surface area contributed by atoms with Gasteiger partial charge in [0.1, 0.15) is 0 Å². The normalized spacial score (nSPS) is 24.9. The summed E-state index contributed by atoms with van der Waals surface area (Å²) in [5, 5.41) is 3.48. The quantitative estimate of drug-likeness (QED) is 0.896. The number of nitrogens with zero attached hydrogens (tertiary/aromatic N) is 1. The van der Waals surface area contributed by atoms with Crippen molar-refractivity contribution in [2.24, 2.45) is 11.8 Å². The van der Waals surface area contributed by atoms with Gasteiger partial charge in [0.25, 0.3) is 0 Å². The minimum absolute atomic E-state index is 0.924. The van der Waals surface area contributed by atoms with Gasteiger partial charge in [0.15, 0.2) is 0 Å². The lowest BCUT2D eigenvalue weighted by molar-refractivity contribution is 0.276. The van der Waals surface area contributed by atoms with Gasteiger partial charge in [-0.05, 0) is 68.3 Å². The number of anilines is 1. The maximum Gasteiger partial charge on any atom is 0.0366 e. The molecule has 2 nitrogen and oxygen atoms in total. The number of rotatable bonds is 3. The lowest BCUT2D eigenvalue weighted by Crippen LogP contribution is -2.32. The van der Waals surface area contributed by atoms with Crippen LogP contribution in [0, 0.1) is 11.8 Å². The van der Waals surface area contributed by atoms with E-state index < -0.39 is 0 Å². The van der Waals surface area contributed by atoms with E-state index in [4.69, 9.17) is 0 Å². The van der Waals surface area contributed by atoms with E-state index in [1.54, 1.807) is 0 Å². The number of benzene rings is 1. The molecule has 0 bridgehead atoms. The topological polar surface area (TPSA) is 15.3 Å². The van der Waals surface area contributed by atoms with Crippen LogP contribution in [0.1, 0.15) is 31.7 Å². The van der Waals surface area contributed by atoms with Crippen LogP contribution in [0.5, 0.6) is 0 Å². The van der Waals surface area contributed by atoms with Crippen molar-refractivity contribution in [3.63, 3.8) is 0 Å². The van der Waals surface area contributed by atoms with Crippen LogP contribution in [0.25, 0.3) is 0 Å². The van der Waals surface area contributed by atoms with Gasteiger partial charge >= 0.3 is 0 Å². The van der Waals surface area contributed by atoms with Crippen LogP contribution in [0.15, 0.2) is 24.3 Å². The Morgan fingerprint density at radius 3 is 2.47 bits per heavy atom. The maximum atomic E-state index is 3.48. The average molecular weight is 258 g/mol. The first-order chi connectivity index (χ1) is 9.36. The Kier molecular flexibility index (Phi) is 4.07. The Hall–Kier alpha value is -1.02. The van der Waals surface area contributed by atoms with Gasteiger partial charge < -0.3 is 10.2 Å². The molecule has 0 radical (unpaired) electrons. The van der Waals surface area contributed by atoms with Gasteiger partial charge in [-0.2, -0.15) is 0 Å². The van der Waals surface area contributed by atoms with Gasteiger partial charge in [-0.15, -0.1) is 0 Å². The number of piperidine rings is 1. The van der Waals surface area contributed by atoms with Crippen LogP contribution in [0.4, 0.5) is 5.69 Å². The van der Waals surface area contributed by atoms with E-state index in [0.717, 1.165) is 18.3 Å². The van der Waals surface area contributed by atoms with Crippen molar-refractivity contribution in [3.8, 4) is 0 Å². The van der Waals surface area contributed by atoms with Crippen molar-refractivity contribution in [3.05, 3.63) is 29.8 Å². The third-order valence-electron chi connectivity index (χ3n) is 4.98. The zero-order valence-corrected chi connectivity index (χ0v) is 12.1. The molecule has 3 rings (SSSR count). The van der Waals surface area contributed by atoms with Crippen molar-refractivity contribution >= 4 is 5.69 Å². The molecule has 2 heteroatoms. The molecule has 0 saturated carbocycles. The van der Waals surface area contributed by atoms with Crippen LogP contribution < -0.4 is 10.2 Å². The van der Waals surface area contributed by atoms with E-state index in [9.17, 15) is 0 Å². The molecule has 1 aromatic carbocycles. The summed E-state index contributed by atoms with van der Waals surface area (Å²) in [6.45, 7) is 7.20. The van der Waals surface area contributed by atoms with Crippen molar-refractivity contribution in [1.82, 2.24) is 5.32 Å². The number of hydrogen-bond acceptors (Lipinski definition) is 2. The minimum atomic E-state index is 0.924. The summed E-state index contributed by atoms with van der Waals surface area (Å²) in [6.07, 6.45) is 5.29. The average Bonchev–Trinajstić information content (AvgIpc) is 2.98. The monoisotopic (exact) mass is 258 g/mol. The second-order valence-corrected chi connectivity index (χ2v) is 6.10. The second-order valence-electron chi connectivity index (χ2n) is 6.10. The molecule has 1 unspecified atom stereocenters. The number of aryl methyl sites for hydroxylation is 1. The third-order valence-corrected chi connectivity index (χ3v) is 4.98. The third kappa shape index (κ3) is 2.94. The molecule has 0 aromatic heterocycles. The molecule has 0 amide bonds. The van der Waals surface area contributed by atoms with Crippen LogP contribution in [0.3, 0.4) is 0 Å². The minimum Gasteiger partial charge on any atom is -0.371 e. The molecule has 0 aliphatic carbocycles. The van der Waals surface area contributed by atoms with Gasteiger partial charge in [0.05, 0.1) is 0 Å². The van der Waals surface area contributed by atoms with Crippen LogP contribution in [-0.4, -0.2) is 26.2 Å². The largest absolute Gasteiger partial charge is 0.371 e. The molecule has 2 fully saturated rings. The lowest BCUT2D eigenvalue weighted by atomic mass is 9.84. The fourth-order valence-corrected chi connectivity index (χ4v) is 3.66. The van der Waals surface area contributed by atoms with Gasteiger partial charge in [-0.25, -0.2) is 0 Å². The molecular formula is C17H26N2. The summed E-state index contributed by atoms with van der Waals surface area (Å²) in [6, 6.07) is 9.19. The molecule has 0 spiro atoms. The maximum absolute atomic E-state index is 3.48. The molecule has 1 atom stereocenters. The first-order valence-corrected chi connectivity index (χ1v) is 7.91. The van der Waals surface area contributed by atoms with Gasteiger partial charge in [0, 0.05) is 18.8 Å². The van der Waals surface area contributed by atoms with E-state index in [2.05, 4.69) is 41.4 Å². The molecule has 1 N–H and O–H groups in total. The first-order valence-electron chi connectivity index (χ1n) is 7.91. The predicted octanol–water partition coefficient (Wildman–Crippen LogP) is 3.07. The van der Waals surface area contributed by atoms with E-state index >= 15 is 0 Å². The molecule has 2 aliphatic rings. The summed E-state index contributed by atoms with van der Waals surface area (Å²) in [7, 11) is 0. The van der Waals surface area contributed by atoms with E-state index in [0.29, 0.717) is 0 Å². The summed E-state index contributed by atoms with van der Waals surface area (Å²) in [5.41, 5.74) is 2.87. The molecule has 1 aromatic rings. The predicted molar refractivity (Wildman–Crippen MR) is 81.7 cm³/mol. The molecule has 2 heterocycles. The first kappa shape index (κ1) is 13.0. The van der Waals surface area contributed by atoms with E-state index in [1.165, 1.54) is 56.7 Å². The fourth-order valence-electron chi connectivity index (χ4n) is 3.66. The highest BCUT2D eigenvalue weighted by Crippen LogP contribution is 2.32. The Labute approximate surface area is 117 Å². The highest BCUT2D eigenvalue weighted by Gasteiger charge is 2.30. The Balaban J connectivity index is 1.61. The van der Waals surface area contributed by atoms with Crippen molar-refractivity contribution in [1.29, 1.82) is 0 Å². The smallest absolute Gasteiger partial charge is 0.0366 e. The fraction of sp³-hybridized carbons (Fsp3) is 0.647. The van der Waals surface area contributed by atoms with Crippen LogP contribution >= 0.6 is 0 Å². The number of hydrogen-bond donors (Lipinski definition) is 1. The Bertz CT molecular complexity index is 392. The molecular weight excluding hydrogens is 232 g/mol. The zero-order chi connectivity index (χ0) is 13.1. The standard InChI is InChI=1S/C17H26N2/c1-2-14-3-5-17(6-4-14)19-12-9-16(13-19)15-7-10-18-11-8-15/h3-6,15-16,18H,2,7-13H2,1H3. The SMILES string of the molecule is CCc1ccc(N2CCC(C3CCNCC3)C2)cc1. The van der Waals surface area contributed by atoms with Crippen LogP contribution in [0.2, 0.25) is 0 Å². The van der Waals surface area contributed by atoms with Gasteiger partial charge in [-0.1, -0.05) is 19.1 Å². The van der Waals surface area contributed by atoms with Gasteiger partial charge in [-0.3, -0.25) is 0 Å².